The van der Waals surface area contributed by atoms with E-state index >= 15 is 0 Å². The molecule has 10 nitrogen and oxygen atoms in total. The Kier molecular flexibility index (Phi) is 10.7. The summed E-state index contributed by atoms with van der Waals surface area (Å²) in [5.41, 5.74) is 2.76. The molecule has 6 aromatic rings. The average molecular weight is 761 g/mol. The van der Waals surface area contributed by atoms with Crippen LogP contribution in [0.15, 0.2) is 97.4 Å². The maximum absolute atomic E-state index is 14.2. The van der Waals surface area contributed by atoms with Gasteiger partial charge in [-0.05, 0) is 36.4 Å². The minimum atomic E-state index is -0.970. The molecule has 1 unspecified atom stereocenters. The van der Waals surface area contributed by atoms with Gasteiger partial charge < -0.3 is 37.9 Å². The van der Waals surface area contributed by atoms with Gasteiger partial charge in [-0.1, -0.05) is 46.3 Å². The third-order valence-electron chi connectivity index (χ3n) is 7.92. The summed E-state index contributed by atoms with van der Waals surface area (Å²) in [4.78, 5) is 20.0. The van der Waals surface area contributed by atoms with Crippen LogP contribution in [0.1, 0.15) is 0 Å². The van der Waals surface area contributed by atoms with E-state index in [4.69, 9.17) is 37.8 Å². The lowest BCUT2D eigenvalue weighted by Crippen LogP contribution is -2.23. The van der Waals surface area contributed by atoms with Crippen LogP contribution in [0.2, 0.25) is 0 Å². The minimum Gasteiger partial charge on any atom is -0.496 e. The van der Waals surface area contributed by atoms with Crippen molar-refractivity contribution < 1.29 is 37.9 Å². The summed E-state index contributed by atoms with van der Waals surface area (Å²) in [6.07, 6.45) is -0.970. The molecular weight excluding hydrogens is 726 g/mol. The van der Waals surface area contributed by atoms with Crippen LogP contribution in [0.3, 0.4) is 0 Å². The molecule has 0 aliphatic heterocycles. The monoisotopic (exact) mass is 759 g/mol. The van der Waals surface area contributed by atoms with E-state index in [1.165, 1.54) is 47.3 Å². The van der Waals surface area contributed by atoms with E-state index in [1.807, 2.05) is 54.6 Å². The second kappa shape index (κ2) is 15.3. The zero-order chi connectivity index (χ0) is 35.4. The van der Waals surface area contributed by atoms with Gasteiger partial charge >= 0.3 is 0 Å². The van der Waals surface area contributed by atoms with Gasteiger partial charge in [0.2, 0.25) is 16.9 Å². The summed E-state index contributed by atoms with van der Waals surface area (Å²) < 4.78 is 41.0. The fraction of sp³-hybridized carbons (Fsp3) is 0.211. The highest BCUT2D eigenvalue weighted by Gasteiger charge is 2.25. The summed E-state index contributed by atoms with van der Waals surface area (Å²) in [5.74, 6) is 1.99. The Morgan fingerprint density at radius 1 is 0.800 bits per heavy atom. The summed E-state index contributed by atoms with van der Waals surface area (Å²) in [6.45, 7) is -0.208. The van der Waals surface area contributed by atoms with Crippen LogP contribution in [-0.2, 0) is 0 Å². The first-order chi connectivity index (χ1) is 24.3. The van der Waals surface area contributed by atoms with E-state index in [-0.39, 0.29) is 40.6 Å². The van der Waals surface area contributed by atoms with Crippen molar-refractivity contribution in [1.29, 1.82) is 0 Å². The lowest BCUT2D eigenvalue weighted by Gasteiger charge is -2.18. The number of aromatic nitrogens is 1. The summed E-state index contributed by atoms with van der Waals surface area (Å²) in [5, 5.41) is 12.4. The second-order valence-corrected chi connectivity index (χ2v) is 13.0. The number of para-hydroxylation sites is 1. The molecule has 0 saturated heterocycles. The molecule has 6 rings (SSSR count). The van der Waals surface area contributed by atoms with E-state index < -0.39 is 11.5 Å². The number of hydrogen-bond donors (Lipinski definition) is 1. The Balaban J connectivity index is 1.35. The standard InChI is InChI=1S/C38H34BrNO9S/c1-43-25-16-29(44-2)34-30(17-25)49-36(22-14-31(45-3)37(47-5)32(15-22)46-4)38(35(34)42)48-19-24(41)20-50-33-18-28(21-9-8-10-23(39)13-21)40-27-12-7-6-11-26(27)33/h6-18,24,41H,19-20H2,1-5H3. The molecular formula is C38H34BrNO9S. The van der Waals surface area contributed by atoms with Gasteiger partial charge in [-0.2, -0.15) is 0 Å². The molecule has 1 N–H and O–H groups in total. The lowest BCUT2D eigenvalue weighted by atomic mass is 10.1. The van der Waals surface area contributed by atoms with Crippen molar-refractivity contribution in [1.82, 2.24) is 4.98 Å². The van der Waals surface area contributed by atoms with Crippen molar-refractivity contribution in [3.8, 4) is 57.1 Å². The van der Waals surface area contributed by atoms with E-state index in [0.29, 0.717) is 28.6 Å². The van der Waals surface area contributed by atoms with Gasteiger partial charge in [-0.15, -0.1) is 11.8 Å². The first kappa shape index (κ1) is 34.9. The molecule has 4 aromatic carbocycles. The molecule has 12 heteroatoms. The minimum absolute atomic E-state index is 0.0932. The van der Waals surface area contributed by atoms with Gasteiger partial charge in [0.25, 0.3) is 0 Å². The topological polar surface area (TPSA) is 119 Å². The average Bonchev–Trinajstić information content (AvgIpc) is 3.14. The number of thioether (sulfide) groups is 1. The number of benzene rings is 4. The van der Waals surface area contributed by atoms with E-state index in [0.717, 1.165) is 31.5 Å². The zero-order valence-corrected chi connectivity index (χ0v) is 30.3. The van der Waals surface area contributed by atoms with Crippen LogP contribution in [0.25, 0.3) is 44.5 Å². The van der Waals surface area contributed by atoms with Crippen LogP contribution in [0.5, 0.6) is 34.5 Å². The molecule has 2 heterocycles. The number of methoxy groups -OCH3 is 5. The van der Waals surface area contributed by atoms with E-state index in [1.54, 1.807) is 24.3 Å². The summed E-state index contributed by atoms with van der Waals surface area (Å²) in [6, 6.07) is 24.3. The number of pyridine rings is 1. The van der Waals surface area contributed by atoms with Crippen LogP contribution >= 0.6 is 27.7 Å². The Labute approximate surface area is 301 Å². The quantitative estimate of drug-likeness (QED) is 0.115. The highest BCUT2D eigenvalue weighted by Crippen LogP contribution is 2.44. The Bertz CT molecular complexity index is 2210. The van der Waals surface area contributed by atoms with Crippen molar-refractivity contribution in [2.75, 3.05) is 47.9 Å². The highest BCUT2D eigenvalue weighted by molar-refractivity contribution is 9.10. The predicted octanol–water partition coefficient (Wildman–Crippen LogP) is 8.01. The van der Waals surface area contributed by atoms with Gasteiger partial charge in [-0.25, -0.2) is 4.98 Å². The molecule has 0 fully saturated rings. The normalized spacial score (nSPS) is 11.7. The molecule has 1 atom stereocenters. The summed E-state index contributed by atoms with van der Waals surface area (Å²) in [7, 11) is 7.44. The fourth-order valence-corrected chi connectivity index (χ4v) is 6.92. The molecule has 258 valence electrons. The van der Waals surface area contributed by atoms with Crippen molar-refractivity contribution in [3.63, 3.8) is 0 Å². The number of aliphatic hydroxyl groups is 1. The number of hydrogen-bond acceptors (Lipinski definition) is 11. The number of halogens is 1. The van der Waals surface area contributed by atoms with Crippen molar-refractivity contribution in [2.45, 2.75) is 11.0 Å². The largest absolute Gasteiger partial charge is 0.496 e. The van der Waals surface area contributed by atoms with Gasteiger partial charge in [0.1, 0.15) is 29.1 Å². The molecule has 2 aromatic heterocycles. The first-order valence-electron chi connectivity index (χ1n) is 15.4. The van der Waals surface area contributed by atoms with E-state index in [9.17, 15) is 9.90 Å². The van der Waals surface area contributed by atoms with Crippen molar-refractivity contribution >= 4 is 49.6 Å². The Hall–Kier alpha value is -4.91. The maximum Gasteiger partial charge on any atom is 0.239 e. The molecule has 50 heavy (non-hydrogen) atoms. The van der Waals surface area contributed by atoms with Crippen molar-refractivity contribution in [2.24, 2.45) is 0 Å². The van der Waals surface area contributed by atoms with Crippen LogP contribution in [-0.4, -0.2) is 64.1 Å². The smallest absolute Gasteiger partial charge is 0.239 e. The van der Waals surface area contributed by atoms with Gasteiger partial charge in [-0.3, -0.25) is 4.79 Å². The molecule has 0 aliphatic rings. The lowest BCUT2D eigenvalue weighted by molar-refractivity contribution is 0.125. The summed E-state index contributed by atoms with van der Waals surface area (Å²) >= 11 is 5.02. The number of nitrogens with zero attached hydrogens (tertiary/aromatic N) is 1. The molecule has 0 bridgehead atoms. The van der Waals surface area contributed by atoms with E-state index in [2.05, 4.69) is 15.9 Å². The first-order valence-corrected chi connectivity index (χ1v) is 17.2. The number of ether oxygens (including phenoxy) is 6. The number of fused-ring (bicyclic) bond motifs is 2. The maximum atomic E-state index is 14.2. The fourth-order valence-electron chi connectivity index (χ4n) is 5.53. The zero-order valence-electron chi connectivity index (χ0n) is 27.9. The molecule has 0 radical (unpaired) electrons. The SMILES string of the molecule is COc1cc(OC)c2c(=O)c(OCC(O)CSc3cc(-c4cccc(Br)c4)nc4ccccc34)c(-c3cc(OC)c(OC)c(OC)c3)oc2c1. The highest BCUT2D eigenvalue weighted by atomic mass is 79.9. The molecule has 0 saturated carbocycles. The predicted molar refractivity (Wildman–Crippen MR) is 198 cm³/mol. The van der Waals surface area contributed by atoms with Crippen molar-refractivity contribution in [3.05, 3.63) is 93.6 Å². The molecule has 0 aliphatic carbocycles. The third kappa shape index (κ3) is 7.05. The van der Waals surface area contributed by atoms with Gasteiger partial charge in [0, 0.05) is 43.8 Å². The Morgan fingerprint density at radius 2 is 1.54 bits per heavy atom. The van der Waals surface area contributed by atoms with Gasteiger partial charge in [0.15, 0.2) is 17.3 Å². The second-order valence-electron chi connectivity index (χ2n) is 11.0. The van der Waals surface area contributed by atoms with Crippen LogP contribution < -0.4 is 33.8 Å². The van der Waals surface area contributed by atoms with Crippen LogP contribution in [0.4, 0.5) is 0 Å². The third-order valence-corrected chi connectivity index (χ3v) is 9.62. The van der Waals surface area contributed by atoms with Gasteiger partial charge in [0.05, 0.1) is 52.9 Å². The number of rotatable bonds is 13. The van der Waals surface area contributed by atoms with Crippen LogP contribution in [0, 0.1) is 0 Å². The Morgan fingerprint density at radius 3 is 2.22 bits per heavy atom. The molecule has 0 spiro atoms. The number of aliphatic hydroxyl groups excluding tert-OH is 1. The molecule has 0 amide bonds.